The highest BCUT2D eigenvalue weighted by atomic mass is 79.9. The summed E-state index contributed by atoms with van der Waals surface area (Å²) in [6.45, 7) is 11.9. The topological polar surface area (TPSA) is 46.6 Å². The van der Waals surface area contributed by atoms with Gasteiger partial charge in [-0.1, -0.05) is 28.1 Å². The van der Waals surface area contributed by atoms with Gasteiger partial charge in [-0.25, -0.2) is 0 Å². The molecule has 2 amide bonds. The van der Waals surface area contributed by atoms with Crippen LogP contribution in [0.1, 0.15) is 48.0 Å². The van der Waals surface area contributed by atoms with Crippen LogP contribution in [0.25, 0.3) is 0 Å². The van der Waals surface area contributed by atoms with Crippen molar-refractivity contribution in [3.05, 3.63) is 12.2 Å². The largest absolute Gasteiger partial charge is 0.359 e. The van der Waals surface area contributed by atoms with Crippen molar-refractivity contribution in [1.29, 1.82) is 0 Å². The van der Waals surface area contributed by atoms with Crippen LogP contribution in [-0.4, -0.2) is 37.8 Å². The number of alkyl halides is 1. The summed E-state index contributed by atoms with van der Waals surface area (Å²) >= 11 is 3.63. The van der Waals surface area contributed by atoms with Crippen molar-refractivity contribution < 1.29 is 14.3 Å². The summed E-state index contributed by atoms with van der Waals surface area (Å²) < 4.78 is 5.89. The number of halogens is 1. The normalized spacial score (nSPS) is 40.8. The van der Waals surface area contributed by atoms with Gasteiger partial charge in [0.25, 0.3) is 0 Å². The number of carbonyl (C=O) groups is 2. The Morgan fingerprint density at radius 3 is 1.86 bits per heavy atom. The molecule has 0 saturated carbocycles. The Hall–Kier alpha value is -0.680. The zero-order chi connectivity index (χ0) is 16.7. The molecule has 3 heterocycles. The Morgan fingerprint density at radius 2 is 1.50 bits per heavy atom. The number of likely N-dealkylation sites (tertiary alicyclic amines) is 1. The van der Waals surface area contributed by atoms with Gasteiger partial charge in [0.1, 0.15) is 0 Å². The molecule has 4 nitrogen and oxygen atoms in total. The number of hydrogen-bond donors (Lipinski definition) is 0. The fourth-order valence-electron chi connectivity index (χ4n) is 4.74. The summed E-state index contributed by atoms with van der Waals surface area (Å²) in [7, 11) is 0. The Morgan fingerprint density at radius 1 is 1.09 bits per heavy atom. The molecule has 22 heavy (non-hydrogen) atoms. The average molecular weight is 370 g/mol. The molecule has 0 radical (unpaired) electrons. The predicted molar refractivity (Wildman–Crippen MR) is 87.6 cm³/mol. The fraction of sp³-hybridized carbons (Fsp3) is 0.765. The molecule has 0 aromatic carbocycles. The van der Waals surface area contributed by atoms with E-state index in [9.17, 15) is 9.59 Å². The van der Waals surface area contributed by atoms with Crippen LogP contribution in [0.4, 0.5) is 0 Å². The number of ether oxygens (including phenoxy) is 1. The Bertz CT molecular complexity index is 555. The van der Waals surface area contributed by atoms with Crippen molar-refractivity contribution in [2.75, 3.05) is 0 Å². The first-order valence-electron chi connectivity index (χ1n) is 7.78. The second-order valence-electron chi connectivity index (χ2n) is 8.48. The van der Waals surface area contributed by atoms with Crippen LogP contribution in [0.3, 0.4) is 0 Å². The maximum atomic E-state index is 13.0. The average Bonchev–Trinajstić information content (AvgIpc) is 2.81. The predicted octanol–water partition coefficient (Wildman–Crippen LogP) is 3.05. The quantitative estimate of drug-likeness (QED) is 0.436. The van der Waals surface area contributed by atoms with E-state index in [2.05, 4.69) is 29.8 Å². The van der Waals surface area contributed by atoms with Crippen LogP contribution >= 0.6 is 15.9 Å². The van der Waals surface area contributed by atoms with Crippen molar-refractivity contribution in [3.8, 4) is 0 Å². The summed E-state index contributed by atoms with van der Waals surface area (Å²) in [6.07, 6.45) is 4.59. The Labute approximate surface area is 140 Å². The van der Waals surface area contributed by atoms with E-state index in [0.717, 1.165) is 0 Å². The maximum absolute atomic E-state index is 13.0. The molecule has 0 aromatic heterocycles. The number of rotatable bonds is 3. The molecular weight excluding hydrogens is 346 g/mol. The lowest BCUT2D eigenvalue weighted by Crippen LogP contribution is -2.52. The molecule has 5 heteroatoms. The number of amides is 2. The summed E-state index contributed by atoms with van der Waals surface area (Å²) in [6, 6.07) is 0. The number of imide groups is 1. The van der Waals surface area contributed by atoms with Gasteiger partial charge in [0.2, 0.25) is 11.8 Å². The third-order valence-corrected chi connectivity index (χ3v) is 5.46. The minimum Gasteiger partial charge on any atom is -0.359 e. The second-order valence-corrected chi connectivity index (χ2v) is 10.6. The van der Waals surface area contributed by atoms with E-state index >= 15 is 0 Å². The highest BCUT2D eigenvalue weighted by Gasteiger charge is 2.71. The van der Waals surface area contributed by atoms with Crippen LogP contribution in [0.15, 0.2) is 12.2 Å². The standard InChI is InChI=1S/C17H24BrNO3/c1-14(2,18)9-15(3,4)19-12(20)10-11(13(19)21)17(6)8-7-16(10,5)22-17/h7-8,10-11H,9H2,1-6H3/t10-,11+,16?,17?. The van der Waals surface area contributed by atoms with E-state index in [1.54, 1.807) is 0 Å². The van der Waals surface area contributed by atoms with Crippen molar-refractivity contribution in [3.63, 3.8) is 0 Å². The lowest BCUT2D eigenvalue weighted by Gasteiger charge is -2.39. The Balaban J connectivity index is 1.99. The third-order valence-electron chi connectivity index (χ3n) is 5.18. The van der Waals surface area contributed by atoms with E-state index < -0.39 is 28.6 Å². The van der Waals surface area contributed by atoms with Crippen LogP contribution in [0.2, 0.25) is 0 Å². The second kappa shape index (κ2) is 4.23. The van der Waals surface area contributed by atoms with Crippen molar-refractivity contribution in [2.24, 2.45) is 11.8 Å². The lowest BCUT2D eigenvalue weighted by atomic mass is 9.73. The minimum atomic E-state index is -0.652. The van der Waals surface area contributed by atoms with Gasteiger partial charge >= 0.3 is 0 Å². The zero-order valence-electron chi connectivity index (χ0n) is 14.1. The van der Waals surface area contributed by atoms with Gasteiger partial charge in [-0.15, -0.1) is 0 Å². The first-order valence-corrected chi connectivity index (χ1v) is 8.58. The van der Waals surface area contributed by atoms with E-state index in [0.29, 0.717) is 6.42 Å². The lowest BCUT2D eigenvalue weighted by molar-refractivity contribution is -0.152. The summed E-state index contributed by atoms with van der Waals surface area (Å²) in [4.78, 5) is 27.6. The van der Waals surface area contributed by atoms with Gasteiger partial charge in [0, 0.05) is 9.86 Å². The molecule has 0 N–H and O–H groups in total. The van der Waals surface area contributed by atoms with Crippen LogP contribution in [0.5, 0.6) is 0 Å². The number of hydrogen-bond acceptors (Lipinski definition) is 3. The number of carbonyl (C=O) groups excluding carboxylic acids is 2. The Kier molecular flexibility index (Phi) is 3.12. The van der Waals surface area contributed by atoms with Crippen molar-refractivity contribution in [2.45, 2.75) is 69.0 Å². The minimum absolute atomic E-state index is 0.0904. The van der Waals surface area contributed by atoms with Gasteiger partial charge in [-0.2, -0.15) is 0 Å². The molecule has 0 aliphatic carbocycles. The van der Waals surface area contributed by atoms with Crippen LogP contribution in [0, 0.1) is 11.8 Å². The van der Waals surface area contributed by atoms with Crippen molar-refractivity contribution >= 4 is 27.7 Å². The van der Waals surface area contributed by atoms with Crippen molar-refractivity contribution in [1.82, 2.24) is 4.90 Å². The van der Waals surface area contributed by atoms with Crippen LogP contribution in [-0.2, 0) is 14.3 Å². The maximum Gasteiger partial charge on any atom is 0.236 e. The number of fused-ring (bicyclic) bond motifs is 5. The molecule has 2 bridgehead atoms. The highest BCUT2D eigenvalue weighted by molar-refractivity contribution is 9.10. The summed E-state index contributed by atoms with van der Waals surface area (Å²) in [5.74, 6) is -0.972. The number of nitrogens with zero attached hydrogens (tertiary/aromatic N) is 1. The van der Waals surface area contributed by atoms with Gasteiger partial charge in [0.05, 0.1) is 23.0 Å². The first kappa shape index (κ1) is 16.2. The molecule has 4 atom stereocenters. The van der Waals surface area contributed by atoms with Gasteiger partial charge in [-0.05, 0) is 48.0 Å². The molecular formula is C17H24BrNO3. The fourth-order valence-corrected chi connectivity index (χ4v) is 5.42. The monoisotopic (exact) mass is 369 g/mol. The van der Waals surface area contributed by atoms with E-state index in [1.165, 1.54) is 4.90 Å². The zero-order valence-corrected chi connectivity index (χ0v) is 15.7. The molecule has 3 aliphatic heterocycles. The van der Waals surface area contributed by atoms with E-state index in [-0.39, 0.29) is 16.1 Å². The summed E-state index contributed by atoms with van der Waals surface area (Å²) in [5.41, 5.74) is -1.83. The van der Waals surface area contributed by atoms with E-state index in [4.69, 9.17) is 4.74 Å². The van der Waals surface area contributed by atoms with Gasteiger partial charge in [-0.3, -0.25) is 14.5 Å². The smallest absolute Gasteiger partial charge is 0.236 e. The molecule has 0 spiro atoms. The molecule has 0 aromatic rings. The van der Waals surface area contributed by atoms with Gasteiger partial charge < -0.3 is 4.74 Å². The van der Waals surface area contributed by atoms with Gasteiger partial charge in [0.15, 0.2) is 0 Å². The molecule has 2 unspecified atom stereocenters. The SMILES string of the molecule is CC(C)(Br)CC(C)(C)N1C(=O)[C@@H]2[C@H](C1=O)C1(C)C=CC2(C)O1. The first-order chi connectivity index (χ1) is 9.81. The van der Waals surface area contributed by atoms with E-state index in [1.807, 2.05) is 39.8 Å². The molecule has 2 fully saturated rings. The molecule has 122 valence electrons. The molecule has 2 saturated heterocycles. The van der Waals surface area contributed by atoms with Crippen LogP contribution < -0.4 is 0 Å². The molecule has 3 aliphatic rings. The highest BCUT2D eigenvalue weighted by Crippen LogP contribution is 2.58. The molecule has 3 rings (SSSR count). The summed E-state index contributed by atoms with van der Waals surface area (Å²) in [5, 5.41) is 0. The third kappa shape index (κ3) is 2.04.